The van der Waals surface area contributed by atoms with E-state index in [1.54, 1.807) is 12.3 Å². The Balaban J connectivity index is 2.27. The fraction of sp³-hybridized carbons (Fsp3) is 0.273. The molecule has 1 aromatic rings. The van der Waals surface area contributed by atoms with E-state index in [1.165, 1.54) is 0 Å². The topological polar surface area (TPSA) is 55.2 Å². The molecule has 0 radical (unpaired) electrons. The molecule has 2 rings (SSSR count). The maximum atomic E-state index is 10.9. The third-order valence-corrected chi connectivity index (χ3v) is 2.59. The van der Waals surface area contributed by atoms with Crippen LogP contribution in [0.15, 0.2) is 42.6 Å². The Morgan fingerprint density at radius 3 is 2.73 bits per heavy atom. The summed E-state index contributed by atoms with van der Waals surface area (Å²) < 4.78 is 0. The van der Waals surface area contributed by atoms with Crippen LogP contribution in [0.5, 0.6) is 0 Å². The number of nitrogens with one attached hydrogen (secondary N) is 1. The van der Waals surface area contributed by atoms with E-state index in [1.807, 2.05) is 30.3 Å². The lowest BCUT2D eigenvalue weighted by atomic mass is 9.95. The maximum Gasteiger partial charge on any atom is 0.240 e. The van der Waals surface area contributed by atoms with Crippen molar-refractivity contribution in [1.82, 2.24) is 5.32 Å². The first-order chi connectivity index (χ1) is 7.29. The highest BCUT2D eigenvalue weighted by molar-refractivity contribution is 5.22. The van der Waals surface area contributed by atoms with Crippen LogP contribution in [0.4, 0.5) is 0 Å². The van der Waals surface area contributed by atoms with Gasteiger partial charge in [-0.1, -0.05) is 36.4 Å². The summed E-state index contributed by atoms with van der Waals surface area (Å²) in [5, 5.41) is 13.9. The van der Waals surface area contributed by atoms with Gasteiger partial charge in [0.05, 0.1) is 0 Å². The monoisotopic (exact) mass is 204 g/mol. The van der Waals surface area contributed by atoms with Crippen molar-refractivity contribution in [2.75, 3.05) is 0 Å². The average molecular weight is 204 g/mol. The first-order valence-electron chi connectivity index (χ1n) is 4.88. The Morgan fingerprint density at radius 2 is 2.07 bits per heavy atom. The van der Waals surface area contributed by atoms with Crippen LogP contribution in [-0.4, -0.2) is 11.0 Å². The summed E-state index contributed by atoms with van der Waals surface area (Å²) in [6, 6.07) is 8.73. The van der Waals surface area contributed by atoms with E-state index in [4.69, 9.17) is 0 Å². The van der Waals surface area contributed by atoms with Crippen LogP contribution in [0.2, 0.25) is 0 Å². The quantitative estimate of drug-likeness (QED) is 0.591. The molecule has 1 heterocycles. The Hall–Kier alpha value is -1.84. The van der Waals surface area contributed by atoms with E-state index < -0.39 is 6.04 Å². The van der Waals surface area contributed by atoms with Gasteiger partial charge in [0.2, 0.25) is 6.04 Å². The molecule has 0 saturated carbocycles. The van der Waals surface area contributed by atoms with Gasteiger partial charge in [-0.2, -0.15) is 0 Å². The first kappa shape index (κ1) is 9.71. The molecule has 78 valence electrons. The van der Waals surface area contributed by atoms with Crippen molar-refractivity contribution in [3.05, 3.63) is 58.3 Å². The molecule has 0 aromatic heterocycles. The van der Waals surface area contributed by atoms with E-state index in [-0.39, 0.29) is 11.0 Å². The van der Waals surface area contributed by atoms with Crippen LogP contribution in [0.3, 0.4) is 0 Å². The molecule has 0 bridgehead atoms. The number of nitrogens with zero attached hydrogens (tertiary/aromatic N) is 1. The number of hydrogen-bond acceptors (Lipinski definition) is 3. The molecule has 1 N–H and O–H groups in total. The van der Waals surface area contributed by atoms with E-state index in [0.29, 0.717) is 6.42 Å². The zero-order valence-electron chi connectivity index (χ0n) is 8.17. The summed E-state index contributed by atoms with van der Waals surface area (Å²) in [6.07, 6.45) is 4.07. The molecule has 1 aromatic carbocycles. The third kappa shape index (κ3) is 1.98. The summed E-state index contributed by atoms with van der Waals surface area (Å²) in [5.74, 6) is 0. The van der Waals surface area contributed by atoms with E-state index in [9.17, 15) is 10.1 Å². The van der Waals surface area contributed by atoms with Crippen LogP contribution in [0.25, 0.3) is 0 Å². The molecule has 4 heteroatoms. The molecule has 1 aliphatic heterocycles. The first-order valence-corrected chi connectivity index (χ1v) is 4.88. The fourth-order valence-electron chi connectivity index (χ4n) is 1.81. The van der Waals surface area contributed by atoms with Crippen molar-refractivity contribution >= 4 is 0 Å². The molecular formula is C11H12N2O2. The minimum atomic E-state index is -0.572. The SMILES string of the molecule is O=[N+]([O-])C1CC=CNC1c1ccccc1. The van der Waals surface area contributed by atoms with Gasteiger partial charge in [0.1, 0.15) is 6.04 Å². The van der Waals surface area contributed by atoms with E-state index in [0.717, 1.165) is 5.56 Å². The molecule has 15 heavy (non-hydrogen) atoms. The Labute approximate surface area is 87.8 Å². The summed E-state index contributed by atoms with van der Waals surface area (Å²) in [6.45, 7) is 0. The van der Waals surface area contributed by atoms with Crippen LogP contribution in [0, 0.1) is 10.1 Å². The van der Waals surface area contributed by atoms with Crippen LogP contribution < -0.4 is 5.32 Å². The van der Waals surface area contributed by atoms with Gasteiger partial charge in [0.25, 0.3) is 0 Å². The second kappa shape index (κ2) is 4.13. The zero-order chi connectivity index (χ0) is 10.7. The Kier molecular flexibility index (Phi) is 2.67. The molecule has 2 unspecified atom stereocenters. The highest BCUT2D eigenvalue weighted by Gasteiger charge is 2.32. The lowest BCUT2D eigenvalue weighted by Crippen LogP contribution is -2.37. The highest BCUT2D eigenvalue weighted by Crippen LogP contribution is 2.23. The normalized spacial score (nSPS) is 24.5. The standard InChI is InChI=1S/C11H12N2O2/c14-13(15)10-7-4-8-12-11(10)9-5-2-1-3-6-9/h1-6,8,10-12H,7H2. The second-order valence-electron chi connectivity index (χ2n) is 3.55. The lowest BCUT2D eigenvalue weighted by Gasteiger charge is -2.23. The van der Waals surface area contributed by atoms with Crippen molar-refractivity contribution in [1.29, 1.82) is 0 Å². The van der Waals surface area contributed by atoms with Gasteiger partial charge >= 0.3 is 0 Å². The van der Waals surface area contributed by atoms with Gasteiger partial charge in [0.15, 0.2) is 0 Å². The van der Waals surface area contributed by atoms with Crippen LogP contribution in [-0.2, 0) is 0 Å². The summed E-state index contributed by atoms with van der Waals surface area (Å²) >= 11 is 0. The molecule has 0 fully saturated rings. The van der Waals surface area contributed by atoms with Crippen LogP contribution in [0.1, 0.15) is 18.0 Å². The number of hydrogen-bond donors (Lipinski definition) is 1. The molecular weight excluding hydrogens is 192 g/mol. The predicted molar refractivity (Wildman–Crippen MR) is 56.9 cm³/mol. The van der Waals surface area contributed by atoms with Gasteiger partial charge in [-0.3, -0.25) is 10.1 Å². The molecule has 0 amide bonds. The Morgan fingerprint density at radius 1 is 1.33 bits per heavy atom. The van der Waals surface area contributed by atoms with Crippen LogP contribution >= 0.6 is 0 Å². The molecule has 0 saturated heterocycles. The predicted octanol–water partition coefficient (Wildman–Crippen LogP) is 1.88. The van der Waals surface area contributed by atoms with Gasteiger partial charge in [-0.05, 0) is 11.8 Å². The van der Waals surface area contributed by atoms with Crippen molar-refractivity contribution in [2.45, 2.75) is 18.5 Å². The molecule has 0 aliphatic carbocycles. The summed E-state index contributed by atoms with van der Waals surface area (Å²) in [5.41, 5.74) is 0.962. The second-order valence-corrected chi connectivity index (χ2v) is 3.55. The summed E-state index contributed by atoms with van der Waals surface area (Å²) in [7, 11) is 0. The average Bonchev–Trinajstić information content (AvgIpc) is 2.30. The van der Waals surface area contributed by atoms with Crippen molar-refractivity contribution in [3.63, 3.8) is 0 Å². The minimum Gasteiger partial charge on any atom is -0.378 e. The minimum absolute atomic E-state index is 0.214. The van der Waals surface area contributed by atoms with E-state index in [2.05, 4.69) is 5.32 Å². The molecule has 0 spiro atoms. The van der Waals surface area contributed by atoms with Crippen molar-refractivity contribution < 1.29 is 4.92 Å². The van der Waals surface area contributed by atoms with Crippen molar-refractivity contribution in [3.8, 4) is 0 Å². The molecule has 4 nitrogen and oxygen atoms in total. The molecule has 1 aliphatic rings. The third-order valence-electron chi connectivity index (χ3n) is 2.59. The largest absolute Gasteiger partial charge is 0.378 e. The summed E-state index contributed by atoms with van der Waals surface area (Å²) in [4.78, 5) is 10.7. The highest BCUT2D eigenvalue weighted by atomic mass is 16.6. The smallest absolute Gasteiger partial charge is 0.240 e. The van der Waals surface area contributed by atoms with Gasteiger partial charge in [-0.25, -0.2) is 0 Å². The van der Waals surface area contributed by atoms with Gasteiger partial charge < -0.3 is 5.32 Å². The zero-order valence-corrected chi connectivity index (χ0v) is 8.17. The van der Waals surface area contributed by atoms with Crippen molar-refractivity contribution in [2.24, 2.45) is 0 Å². The van der Waals surface area contributed by atoms with Gasteiger partial charge in [0, 0.05) is 11.3 Å². The number of nitro groups is 1. The Bertz CT molecular complexity index is 375. The van der Waals surface area contributed by atoms with E-state index >= 15 is 0 Å². The maximum absolute atomic E-state index is 10.9. The lowest BCUT2D eigenvalue weighted by molar-refractivity contribution is -0.527. The number of rotatable bonds is 2. The fourth-order valence-corrected chi connectivity index (χ4v) is 1.81. The number of benzene rings is 1. The van der Waals surface area contributed by atoms with Gasteiger partial charge in [-0.15, -0.1) is 0 Å². The molecule has 2 atom stereocenters.